The zero-order chi connectivity index (χ0) is 27.4. The summed E-state index contributed by atoms with van der Waals surface area (Å²) >= 11 is 0. The first-order valence-corrected chi connectivity index (χ1v) is 12.3. The molecule has 0 heterocycles. The lowest BCUT2D eigenvalue weighted by molar-refractivity contribution is -0.150. The van der Waals surface area contributed by atoms with Crippen LogP contribution in [0, 0.1) is 5.92 Å². The SMILES string of the molecule is CCOC(Cc1ccc(OCCN(CCCC(C)C)C(=O)Nc2ccccc2C(F)(F)F)cc1)C(=O)O. The first-order valence-electron chi connectivity index (χ1n) is 12.3. The van der Waals surface area contributed by atoms with Gasteiger partial charge in [0.1, 0.15) is 12.4 Å². The van der Waals surface area contributed by atoms with E-state index < -0.39 is 29.8 Å². The highest BCUT2D eigenvalue weighted by Gasteiger charge is 2.34. The van der Waals surface area contributed by atoms with E-state index in [-0.39, 0.29) is 25.3 Å². The third-order valence-electron chi connectivity index (χ3n) is 5.59. The van der Waals surface area contributed by atoms with E-state index in [2.05, 4.69) is 19.2 Å². The quantitative estimate of drug-likeness (QED) is 0.312. The summed E-state index contributed by atoms with van der Waals surface area (Å²) < 4.78 is 51.0. The monoisotopic (exact) mass is 524 g/mol. The van der Waals surface area contributed by atoms with Gasteiger partial charge in [-0.15, -0.1) is 0 Å². The summed E-state index contributed by atoms with van der Waals surface area (Å²) in [6, 6.07) is 11.1. The van der Waals surface area contributed by atoms with Gasteiger partial charge < -0.3 is 24.8 Å². The summed E-state index contributed by atoms with van der Waals surface area (Å²) in [5, 5.41) is 11.6. The van der Waals surface area contributed by atoms with E-state index >= 15 is 0 Å². The van der Waals surface area contributed by atoms with Crippen molar-refractivity contribution in [3.05, 3.63) is 59.7 Å². The number of nitrogens with one attached hydrogen (secondary N) is 1. The Hall–Kier alpha value is -3.27. The van der Waals surface area contributed by atoms with Gasteiger partial charge in [-0.2, -0.15) is 13.2 Å². The fraction of sp³-hybridized carbons (Fsp3) is 0.481. The topological polar surface area (TPSA) is 88.1 Å². The molecule has 2 N–H and O–H groups in total. The van der Waals surface area contributed by atoms with E-state index in [1.54, 1.807) is 31.2 Å². The van der Waals surface area contributed by atoms with E-state index in [4.69, 9.17) is 9.47 Å². The van der Waals surface area contributed by atoms with Crippen molar-refractivity contribution in [2.24, 2.45) is 5.92 Å². The predicted octanol–water partition coefficient (Wildman–Crippen LogP) is 6.09. The maximum atomic E-state index is 13.3. The Balaban J connectivity index is 2.00. The average Bonchev–Trinajstić information content (AvgIpc) is 2.83. The number of aliphatic carboxylic acids is 1. The number of carboxylic acid groups (broad SMARTS) is 1. The Kier molecular flexibility index (Phi) is 11.7. The van der Waals surface area contributed by atoms with Crippen LogP contribution in [0.25, 0.3) is 0 Å². The zero-order valence-corrected chi connectivity index (χ0v) is 21.4. The Labute approximate surface area is 215 Å². The zero-order valence-electron chi connectivity index (χ0n) is 21.4. The largest absolute Gasteiger partial charge is 0.492 e. The van der Waals surface area contributed by atoms with Crippen molar-refractivity contribution in [2.75, 3.05) is 31.6 Å². The van der Waals surface area contributed by atoms with Crippen molar-refractivity contribution in [1.29, 1.82) is 0 Å². The molecule has 0 aromatic heterocycles. The summed E-state index contributed by atoms with van der Waals surface area (Å²) in [6.07, 6.45) is -3.74. The van der Waals surface area contributed by atoms with Crippen LogP contribution < -0.4 is 10.1 Å². The molecule has 37 heavy (non-hydrogen) atoms. The number of benzene rings is 2. The second-order valence-electron chi connectivity index (χ2n) is 8.98. The highest BCUT2D eigenvalue weighted by atomic mass is 19.4. The minimum atomic E-state index is -4.59. The van der Waals surface area contributed by atoms with Gasteiger partial charge in [0.05, 0.1) is 17.8 Å². The molecule has 0 aliphatic heterocycles. The Bertz CT molecular complexity index is 996. The van der Waals surface area contributed by atoms with Crippen molar-refractivity contribution >= 4 is 17.7 Å². The van der Waals surface area contributed by atoms with Crippen LogP contribution in [0.1, 0.15) is 44.7 Å². The number of urea groups is 1. The van der Waals surface area contributed by atoms with E-state index in [1.807, 2.05) is 0 Å². The standard InChI is InChI=1S/C27H35F3N2O5/c1-4-36-24(25(33)34)18-20-11-13-21(14-12-20)37-17-16-32(15-7-8-19(2)3)26(35)31-23-10-6-5-9-22(23)27(28,29)30/h5-6,9-14,19,24H,4,7-8,15-18H2,1-3H3,(H,31,35)(H,33,34). The molecule has 0 saturated carbocycles. The van der Waals surface area contributed by atoms with Crippen LogP contribution in [0.3, 0.4) is 0 Å². The Morgan fingerprint density at radius 1 is 1.05 bits per heavy atom. The highest BCUT2D eigenvalue weighted by molar-refractivity contribution is 5.90. The normalized spacial score (nSPS) is 12.3. The molecule has 10 heteroatoms. The minimum absolute atomic E-state index is 0.131. The molecule has 0 fully saturated rings. The molecule has 204 valence electrons. The molecule has 2 rings (SSSR count). The first-order chi connectivity index (χ1) is 17.5. The lowest BCUT2D eigenvalue weighted by Gasteiger charge is -2.24. The number of carbonyl (C=O) groups excluding carboxylic acids is 1. The number of carbonyl (C=O) groups is 2. The maximum Gasteiger partial charge on any atom is 0.418 e. The lowest BCUT2D eigenvalue weighted by atomic mass is 10.1. The molecule has 1 unspecified atom stereocenters. The van der Waals surface area contributed by atoms with Crippen molar-refractivity contribution in [1.82, 2.24) is 4.90 Å². The molecule has 0 aliphatic rings. The number of anilines is 1. The Morgan fingerprint density at radius 2 is 1.73 bits per heavy atom. The first kappa shape index (κ1) is 30.0. The second-order valence-corrected chi connectivity index (χ2v) is 8.98. The molecule has 2 aromatic rings. The van der Waals surface area contributed by atoms with Gasteiger partial charge in [0.15, 0.2) is 6.10 Å². The van der Waals surface area contributed by atoms with Crippen LogP contribution in [0.15, 0.2) is 48.5 Å². The van der Waals surface area contributed by atoms with Gasteiger partial charge in [0.2, 0.25) is 0 Å². The summed E-state index contributed by atoms with van der Waals surface area (Å²) in [7, 11) is 0. The molecular formula is C27H35F3N2O5. The predicted molar refractivity (Wildman–Crippen MR) is 135 cm³/mol. The van der Waals surface area contributed by atoms with Gasteiger partial charge in [-0.3, -0.25) is 0 Å². The van der Waals surface area contributed by atoms with E-state index in [0.29, 0.717) is 31.2 Å². The summed E-state index contributed by atoms with van der Waals surface area (Å²) in [6.45, 7) is 6.81. The fourth-order valence-corrected chi connectivity index (χ4v) is 3.67. The number of alkyl halides is 3. The molecule has 0 aliphatic carbocycles. The van der Waals surface area contributed by atoms with Crippen LogP contribution >= 0.6 is 0 Å². The van der Waals surface area contributed by atoms with Crippen molar-refractivity contribution in [3.63, 3.8) is 0 Å². The van der Waals surface area contributed by atoms with Gasteiger partial charge in [0.25, 0.3) is 0 Å². The molecule has 7 nitrogen and oxygen atoms in total. The van der Waals surface area contributed by atoms with E-state index in [9.17, 15) is 27.9 Å². The number of hydrogen-bond donors (Lipinski definition) is 2. The molecule has 0 saturated heterocycles. The number of amides is 2. The molecule has 1 atom stereocenters. The Morgan fingerprint density at radius 3 is 2.32 bits per heavy atom. The van der Waals surface area contributed by atoms with Gasteiger partial charge in [-0.05, 0) is 55.5 Å². The van der Waals surface area contributed by atoms with Crippen molar-refractivity contribution in [2.45, 2.75) is 52.3 Å². The van der Waals surface area contributed by atoms with Crippen molar-refractivity contribution in [3.8, 4) is 5.75 Å². The highest BCUT2D eigenvalue weighted by Crippen LogP contribution is 2.34. The molecule has 0 spiro atoms. The number of rotatable bonds is 14. The third kappa shape index (κ3) is 10.3. The fourth-order valence-electron chi connectivity index (χ4n) is 3.67. The van der Waals surface area contributed by atoms with E-state index in [0.717, 1.165) is 18.1 Å². The summed E-state index contributed by atoms with van der Waals surface area (Å²) in [5.41, 5.74) is -0.431. The summed E-state index contributed by atoms with van der Waals surface area (Å²) in [5.74, 6) is -0.0815. The number of para-hydroxylation sites is 1. The van der Waals surface area contributed by atoms with Gasteiger partial charge in [-0.25, -0.2) is 9.59 Å². The number of nitrogens with zero attached hydrogens (tertiary/aromatic N) is 1. The van der Waals surface area contributed by atoms with Gasteiger partial charge in [-0.1, -0.05) is 38.1 Å². The number of carboxylic acids is 1. The van der Waals surface area contributed by atoms with Gasteiger partial charge in [0, 0.05) is 19.6 Å². The van der Waals surface area contributed by atoms with Crippen LogP contribution in [0.4, 0.5) is 23.7 Å². The third-order valence-corrected chi connectivity index (χ3v) is 5.59. The number of halogens is 3. The summed E-state index contributed by atoms with van der Waals surface area (Å²) in [4.78, 5) is 25.6. The average molecular weight is 525 g/mol. The second kappa shape index (κ2) is 14.5. The molecule has 0 bridgehead atoms. The molecular weight excluding hydrogens is 489 g/mol. The van der Waals surface area contributed by atoms with E-state index in [1.165, 1.54) is 23.1 Å². The smallest absolute Gasteiger partial charge is 0.418 e. The number of ether oxygens (including phenoxy) is 2. The van der Waals surface area contributed by atoms with Crippen LogP contribution in [0.5, 0.6) is 5.75 Å². The number of hydrogen-bond acceptors (Lipinski definition) is 4. The maximum absolute atomic E-state index is 13.3. The van der Waals surface area contributed by atoms with Gasteiger partial charge >= 0.3 is 18.2 Å². The lowest BCUT2D eigenvalue weighted by Crippen LogP contribution is -2.39. The molecule has 0 radical (unpaired) electrons. The molecule has 2 amide bonds. The van der Waals surface area contributed by atoms with Crippen LogP contribution in [-0.4, -0.2) is 54.4 Å². The molecule has 2 aromatic carbocycles. The van der Waals surface area contributed by atoms with Crippen LogP contribution in [-0.2, 0) is 22.1 Å². The van der Waals surface area contributed by atoms with Crippen molar-refractivity contribution < 1.29 is 37.3 Å². The van der Waals surface area contributed by atoms with Crippen LogP contribution in [0.2, 0.25) is 0 Å². The minimum Gasteiger partial charge on any atom is -0.492 e.